The Morgan fingerprint density at radius 3 is 2.94 bits per heavy atom. The maximum absolute atomic E-state index is 10.3. The van der Waals surface area contributed by atoms with Crippen LogP contribution in [0.1, 0.15) is 20.3 Å². The lowest BCUT2D eigenvalue weighted by Crippen LogP contribution is -2.24. The van der Waals surface area contributed by atoms with E-state index in [9.17, 15) is 9.90 Å². The number of anilines is 1. The van der Waals surface area contributed by atoms with Crippen molar-refractivity contribution in [3.63, 3.8) is 0 Å². The van der Waals surface area contributed by atoms with E-state index in [1.54, 1.807) is 32.2 Å². The van der Waals surface area contributed by atoms with Crippen LogP contribution in [0, 0.1) is 0 Å². The van der Waals surface area contributed by atoms with Gasteiger partial charge in [-0.3, -0.25) is 4.79 Å². The van der Waals surface area contributed by atoms with Crippen LogP contribution < -0.4 is 10.1 Å². The average Bonchev–Trinajstić information content (AvgIpc) is 2.28. The SMILES string of the molecule is CC(C)(O)OCCCOc1cc(NC=O)ccn1. The summed E-state index contributed by atoms with van der Waals surface area (Å²) in [5.41, 5.74) is 0.628. The minimum atomic E-state index is -1.12. The van der Waals surface area contributed by atoms with E-state index in [1.165, 1.54) is 0 Å². The lowest BCUT2D eigenvalue weighted by atomic mass is 10.4. The van der Waals surface area contributed by atoms with E-state index in [4.69, 9.17) is 9.47 Å². The first-order chi connectivity index (χ1) is 8.51. The third-order valence-corrected chi connectivity index (χ3v) is 1.95. The van der Waals surface area contributed by atoms with E-state index in [0.717, 1.165) is 0 Å². The van der Waals surface area contributed by atoms with Gasteiger partial charge in [-0.2, -0.15) is 0 Å². The summed E-state index contributed by atoms with van der Waals surface area (Å²) in [6, 6.07) is 3.30. The van der Waals surface area contributed by atoms with E-state index in [1.807, 2.05) is 0 Å². The molecule has 0 aliphatic rings. The summed E-state index contributed by atoms with van der Waals surface area (Å²) in [7, 11) is 0. The molecule has 0 atom stereocenters. The molecule has 1 rings (SSSR count). The molecule has 18 heavy (non-hydrogen) atoms. The minimum absolute atomic E-state index is 0.399. The molecule has 100 valence electrons. The fourth-order valence-corrected chi connectivity index (χ4v) is 1.20. The summed E-state index contributed by atoms with van der Waals surface area (Å²) in [4.78, 5) is 14.3. The normalized spacial score (nSPS) is 11.1. The Kier molecular flexibility index (Phi) is 5.54. The molecule has 0 spiro atoms. The van der Waals surface area contributed by atoms with Crippen LogP contribution in [-0.4, -0.2) is 35.5 Å². The zero-order chi connectivity index (χ0) is 13.4. The topological polar surface area (TPSA) is 80.7 Å². The zero-order valence-corrected chi connectivity index (χ0v) is 10.5. The first kappa shape index (κ1) is 14.4. The van der Waals surface area contributed by atoms with Gasteiger partial charge in [0.15, 0.2) is 5.79 Å². The molecule has 0 saturated heterocycles. The monoisotopic (exact) mass is 254 g/mol. The van der Waals surface area contributed by atoms with Gasteiger partial charge in [-0.1, -0.05) is 0 Å². The minimum Gasteiger partial charge on any atom is -0.478 e. The lowest BCUT2D eigenvalue weighted by Gasteiger charge is -2.17. The van der Waals surface area contributed by atoms with Crippen LogP contribution >= 0.6 is 0 Å². The number of hydrogen-bond acceptors (Lipinski definition) is 5. The van der Waals surface area contributed by atoms with E-state index >= 15 is 0 Å². The predicted molar refractivity (Wildman–Crippen MR) is 66.3 cm³/mol. The number of ether oxygens (including phenoxy) is 2. The number of hydrogen-bond donors (Lipinski definition) is 2. The summed E-state index contributed by atoms with van der Waals surface area (Å²) in [6.45, 7) is 3.97. The molecule has 1 heterocycles. The van der Waals surface area contributed by atoms with Crippen LogP contribution in [-0.2, 0) is 9.53 Å². The molecule has 0 unspecified atom stereocenters. The Morgan fingerprint density at radius 1 is 1.50 bits per heavy atom. The second-order valence-corrected chi connectivity index (χ2v) is 4.14. The van der Waals surface area contributed by atoms with Crippen molar-refractivity contribution in [2.45, 2.75) is 26.1 Å². The summed E-state index contributed by atoms with van der Waals surface area (Å²) in [5, 5.41) is 11.8. The van der Waals surface area contributed by atoms with Crippen molar-refractivity contribution in [1.29, 1.82) is 0 Å². The Hall–Kier alpha value is -1.66. The van der Waals surface area contributed by atoms with Gasteiger partial charge in [0.2, 0.25) is 12.3 Å². The third-order valence-electron chi connectivity index (χ3n) is 1.95. The van der Waals surface area contributed by atoms with Crippen LogP contribution in [0.2, 0.25) is 0 Å². The Bertz CT molecular complexity index is 377. The molecule has 0 radical (unpaired) electrons. The molecule has 6 nitrogen and oxygen atoms in total. The van der Waals surface area contributed by atoms with E-state index in [0.29, 0.717) is 37.6 Å². The summed E-state index contributed by atoms with van der Waals surface area (Å²) in [6.07, 6.45) is 2.78. The summed E-state index contributed by atoms with van der Waals surface area (Å²) >= 11 is 0. The highest BCUT2D eigenvalue weighted by atomic mass is 16.6. The van der Waals surface area contributed by atoms with Crippen LogP contribution in [0.4, 0.5) is 5.69 Å². The van der Waals surface area contributed by atoms with Gasteiger partial charge in [0.05, 0.1) is 13.2 Å². The number of aromatic nitrogens is 1. The van der Waals surface area contributed by atoms with Crippen molar-refractivity contribution in [1.82, 2.24) is 4.98 Å². The summed E-state index contributed by atoms with van der Waals surface area (Å²) in [5.74, 6) is -0.684. The van der Waals surface area contributed by atoms with Gasteiger partial charge in [0, 0.05) is 24.4 Å². The molecule has 6 heteroatoms. The van der Waals surface area contributed by atoms with Gasteiger partial charge in [-0.05, 0) is 19.9 Å². The number of carbonyl (C=O) groups excluding carboxylic acids is 1. The Morgan fingerprint density at radius 2 is 2.28 bits per heavy atom. The van der Waals surface area contributed by atoms with Crippen molar-refractivity contribution in [3.8, 4) is 5.88 Å². The van der Waals surface area contributed by atoms with E-state index in [-0.39, 0.29) is 0 Å². The molecule has 0 saturated carbocycles. The molecule has 0 aliphatic carbocycles. The third kappa shape index (κ3) is 6.17. The molecule has 0 fully saturated rings. The van der Waals surface area contributed by atoms with E-state index < -0.39 is 5.79 Å². The van der Waals surface area contributed by atoms with Gasteiger partial charge >= 0.3 is 0 Å². The van der Waals surface area contributed by atoms with Gasteiger partial charge in [-0.15, -0.1) is 0 Å². The molecule has 0 bridgehead atoms. The number of nitrogens with zero attached hydrogens (tertiary/aromatic N) is 1. The fraction of sp³-hybridized carbons (Fsp3) is 0.500. The molecule has 1 aromatic heterocycles. The van der Waals surface area contributed by atoms with Gasteiger partial charge in [-0.25, -0.2) is 4.98 Å². The number of nitrogens with one attached hydrogen (secondary N) is 1. The van der Waals surface area contributed by atoms with Gasteiger partial charge in [0.1, 0.15) is 0 Å². The Labute approximate surface area is 106 Å². The fourth-order valence-electron chi connectivity index (χ4n) is 1.20. The highest BCUT2D eigenvalue weighted by Gasteiger charge is 2.11. The number of pyridine rings is 1. The molecule has 0 aliphatic heterocycles. The zero-order valence-electron chi connectivity index (χ0n) is 10.5. The van der Waals surface area contributed by atoms with Crippen LogP contribution in [0.3, 0.4) is 0 Å². The molecule has 1 aromatic rings. The Balaban J connectivity index is 2.26. The second-order valence-electron chi connectivity index (χ2n) is 4.14. The first-order valence-corrected chi connectivity index (χ1v) is 5.66. The largest absolute Gasteiger partial charge is 0.478 e. The summed E-state index contributed by atoms with van der Waals surface area (Å²) < 4.78 is 10.5. The van der Waals surface area contributed by atoms with Crippen molar-refractivity contribution >= 4 is 12.1 Å². The molecule has 1 amide bonds. The number of rotatable bonds is 8. The van der Waals surface area contributed by atoms with Crippen molar-refractivity contribution in [2.24, 2.45) is 0 Å². The maximum Gasteiger partial charge on any atom is 0.215 e. The van der Waals surface area contributed by atoms with Crippen molar-refractivity contribution in [2.75, 3.05) is 18.5 Å². The maximum atomic E-state index is 10.3. The van der Waals surface area contributed by atoms with Gasteiger partial charge < -0.3 is 19.9 Å². The highest BCUT2D eigenvalue weighted by Crippen LogP contribution is 2.13. The smallest absolute Gasteiger partial charge is 0.215 e. The van der Waals surface area contributed by atoms with E-state index in [2.05, 4.69) is 10.3 Å². The van der Waals surface area contributed by atoms with Gasteiger partial charge in [0.25, 0.3) is 0 Å². The van der Waals surface area contributed by atoms with Crippen LogP contribution in [0.15, 0.2) is 18.3 Å². The van der Waals surface area contributed by atoms with Crippen LogP contribution in [0.25, 0.3) is 0 Å². The molecular weight excluding hydrogens is 236 g/mol. The van der Waals surface area contributed by atoms with Crippen LogP contribution in [0.5, 0.6) is 5.88 Å². The highest BCUT2D eigenvalue weighted by molar-refractivity contribution is 5.71. The standard InChI is InChI=1S/C12H18N2O4/c1-12(2,16)18-7-3-6-17-11-8-10(14-9-15)4-5-13-11/h4-5,8-9,16H,3,6-7H2,1-2H3,(H,13,14,15). The second kappa shape index (κ2) is 6.93. The quantitative estimate of drug-likeness (QED) is 0.413. The van der Waals surface area contributed by atoms with Crippen molar-refractivity contribution < 1.29 is 19.4 Å². The number of amides is 1. The number of aliphatic hydroxyl groups is 1. The van der Waals surface area contributed by atoms with Crippen molar-refractivity contribution in [3.05, 3.63) is 18.3 Å². The first-order valence-electron chi connectivity index (χ1n) is 5.66. The average molecular weight is 254 g/mol. The number of carbonyl (C=O) groups is 1. The molecular formula is C12H18N2O4. The lowest BCUT2D eigenvalue weighted by molar-refractivity contribution is -0.176. The molecule has 2 N–H and O–H groups in total. The molecule has 0 aromatic carbocycles. The predicted octanol–water partition coefficient (Wildman–Crippen LogP) is 1.16.